The lowest BCUT2D eigenvalue weighted by Crippen LogP contribution is -2.33. The highest BCUT2D eigenvalue weighted by Gasteiger charge is 2.41. The van der Waals surface area contributed by atoms with Gasteiger partial charge in [0.2, 0.25) is 0 Å². The first-order chi connectivity index (χ1) is 16.3. The number of nitrogens with zero attached hydrogens (tertiary/aromatic N) is 2. The molecule has 3 aromatic rings. The lowest BCUT2D eigenvalue weighted by Gasteiger charge is -2.18. The number of rotatable bonds is 7. The van der Waals surface area contributed by atoms with Crippen LogP contribution in [0.1, 0.15) is 11.1 Å². The molecule has 3 aromatic carbocycles. The van der Waals surface area contributed by atoms with Crippen LogP contribution in [0, 0.1) is 17.0 Å². The molecule has 0 saturated carbocycles. The number of benzene rings is 3. The highest BCUT2D eigenvalue weighted by molar-refractivity contribution is 6.46. The number of nitro groups is 1. The van der Waals surface area contributed by atoms with E-state index >= 15 is 0 Å². The Balaban J connectivity index is 1.85. The highest BCUT2D eigenvalue weighted by atomic mass is 16.6. The second-order valence-electron chi connectivity index (χ2n) is 7.48. The van der Waals surface area contributed by atoms with Gasteiger partial charge in [0.25, 0.3) is 17.5 Å². The molecule has 0 radical (unpaired) electrons. The molecular weight excluding hydrogens is 438 g/mol. The van der Waals surface area contributed by atoms with Crippen molar-refractivity contribution < 1.29 is 24.0 Å². The maximum atomic E-state index is 13.6. The van der Waals surface area contributed by atoms with Crippen LogP contribution in [0.25, 0.3) is 5.57 Å². The number of hydrogen-bond donors (Lipinski definition) is 1. The summed E-state index contributed by atoms with van der Waals surface area (Å²) < 4.78 is 10.6. The average molecular weight is 459 g/mol. The minimum atomic E-state index is -0.550. The fraction of sp³-hybridized carbons (Fsp3) is 0.120. The van der Waals surface area contributed by atoms with Gasteiger partial charge in [-0.1, -0.05) is 18.2 Å². The van der Waals surface area contributed by atoms with Crippen molar-refractivity contribution in [3.8, 4) is 11.5 Å². The number of nitrogens with one attached hydrogen (secondary N) is 1. The van der Waals surface area contributed by atoms with Crippen molar-refractivity contribution in [1.29, 1.82) is 0 Å². The van der Waals surface area contributed by atoms with E-state index in [9.17, 15) is 19.7 Å². The van der Waals surface area contributed by atoms with Gasteiger partial charge in [0.1, 0.15) is 17.2 Å². The van der Waals surface area contributed by atoms with E-state index in [1.165, 1.54) is 38.5 Å². The Morgan fingerprint density at radius 3 is 2.24 bits per heavy atom. The van der Waals surface area contributed by atoms with E-state index in [2.05, 4.69) is 5.32 Å². The van der Waals surface area contributed by atoms with Gasteiger partial charge in [0, 0.05) is 18.2 Å². The maximum absolute atomic E-state index is 13.6. The molecule has 1 heterocycles. The molecule has 0 fully saturated rings. The average Bonchev–Trinajstić information content (AvgIpc) is 3.08. The van der Waals surface area contributed by atoms with Crippen molar-refractivity contribution in [2.45, 2.75) is 6.92 Å². The number of hydrogen-bond acceptors (Lipinski definition) is 7. The Bertz CT molecular complexity index is 1330. The zero-order valence-corrected chi connectivity index (χ0v) is 18.7. The molecule has 34 heavy (non-hydrogen) atoms. The van der Waals surface area contributed by atoms with E-state index < -0.39 is 16.7 Å². The minimum Gasteiger partial charge on any atom is -0.497 e. The standard InChI is InChI=1S/C25H21N3O6/c1-15-6-4-5-7-20(15)27-24(29)22(16-8-10-17(11-9-16)28(31)32)23(25(27)30)26-19-13-12-18(33-2)14-21(19)34-3/h4-14,26H,1-3H3. The molecule has 0 aromatic heterocycles. The Morgan fingerprint density at radius 1 is 0.912 bits per heavy atom. The molecule has 0 unspecified atom stereocenters. The quantitative estimate of drug-likeness (QED) is 0.318. The SMILES string of the molecule is COc1ccc(NC2=C(c3ccc([N+](=O)[O-])cc3)C(=O)N(c3ccccc3C)C2=O)c(OC)c1. The summed E-state index contributed by atoms with van der Waals surface area (Å²) in [6.07, 6.45) is 0. The molecule has 1 aliphatic rings. The van der Waals surface area contributed by atoms with Gasteiger partial charge in [-0.25, -0.2) is 4.90 Å². The van der Waals surface area contributed by atoms with Crippen LogP contribution in [-0.4, -0.2) is 31.0 Å². The van der Waals surface area contributed by atoms with Crippen molar-refractivity contribution in [2.75, 3.05) is 24.4 Å². The third kappa shape index (κ3) is 3.95. The van der Waals surface area contributed by atoms with Crippen molar-refractivity contribution in [2.24, 2.45) is 0 Å². The van der Waals surface area contributed by atoms with E-state index in [1.807, 2.05) is 6.07 Å². The molecule has 0 saturated heterocycles. The van der Waals surface area contributed by atoms with Crippen molar-refractivity contribution in [3.05, 3.63) is 93.7 Å². The number of nitro benzene ring substituents is 1. The molecule has 172 valence electrons. The largest absolute Gasteiger partial charge is 0.497 e. The molecule has 1 aliphatic heterocycles. The number of anilines is 2. The number of amides is 2. The van der Waals surface area contributed by atoms with Crippen LogP contribution < -0.4 is 19.7 Å². The summed E-state index contributed by atoms with van der Waals surface area (Å²) in [4.78, 5) is 38.8. The molecule has 0 bridgehead atoms. The molecule has 1 N–H and O–H groups in total. The van der Waals surface area contributed by atoms with Crippen LogP contribution in [-0.2, 0) is 9.59 Å². The third-order valence-electron chi connectivity index (χ3n) is 5.48. The summed E-state index contributed by atoms with van der Waals surface area (Å²) in [5.41, 5.74) is 2.03. The van der Waals surface area contributed by atoms with Gasteiger partial charge in [-0.05, 0) is 48.4 Å². The zero-order valence-electron chi connectivity index (χ0n) is 18.7. The van der Waals surface area contributed by atoms with Crippen molar-refractivity contribution >= 4 is 34.4 Å². The van der Waals surface area contributed by atoms with Gasteiger partial charge in [0.05, 0.1) is 36.1 Å². The predicted octanol–water partition coefficient (Wildman–Crippen LogP) is 4.32. The van der Waals surface area contributed by atoms with Gasteiger partial charge in [-0.3, -0.25) is 19.7 Å². The number of para-hydroxylation sites is 1. The summed E-state index contributed by atoms with van der Waals surface area (Å²) in [6, 6.07) is 17.6. The molecule has 2 amide bonds. The summed E-state index contributed by atoms with van der Waals surface area (Å²) in [6.45, 7) is 1.80. The summed E-state index contributed by atoms with van der Waals surface area (Å²) >= 11 is 0. The Labute approximate surface area is 195 Å². The Hall–Kier alpha value is -4.66. The van der Waals surface area contributed by atoms with Crippen LogP contribution >= 0.6 is 0 Å². The first-order valence-electron chi connectivity index (χ1n) is 10.3. The molecule has 0 spiro atoms. The second kappa shape index (κ2) is 9.07. The van der Waals surface area contributed by atoms with Crippen molar-refractivity contribution in [1.82, 2.24) is 0 Å². The lowest BCUT2D eigenvalue weighted by atomic mass is 10.0. The number of non-ortho nitro benzene ring substituents is 1. The number of carbonyl (C=O) groups is 2. The summed E-state index contributed by atoms with van der Waals surface area (Å²) in [5, 5.41) is 14.1. The predicted molar refractivity (Wildman–Crippen MR) is 127 cm³/mol. The van der Waals surface area contributed by atoms with Crippen LogP contribution in [0.2, 0.25) is 0 Å². The maximum Gasteiger partial charge on any atom is 0.282 e. The summed E-state index contributed by atoms with van der Waals surface area (Å²) in [7, 11) is 3.00. The fourth-order valence-electron chi connectivity index (χ4n) is 3.73. The van der Waals surface area contributed by atoms with E-state index in [-0.39, 0.29) is 17.0 Å². The highest BCUT2D eigenvalue weighted by Crippen LogP contribution is 2.37. The molecular formula is C25H21N3O6. The van der Waals surface area contributed by atoms with Crippen LogP contribution in [0.3, 0.4) is 0 Å². The number of ether oxygens (including phenoxy) is 2. The van der Waals surface area contributed by atoms with Crippen LogP contribution in [0.15, 0.2) is 72.4 Å². The Kier molecular flexibility index (Phi) is 6.01. The first-order valence-corrected chi connectivity index (χ1v) is 10.3. The number of methoxy groups -OCH3 is 2. The molecule has 4 rings (SSSR count). The van der Waals surface area contributed by atoms with Gasteiger partial charge >= 0.3 is 0 Å². The topological polar surface area (TPSA) is 111 Å². The summed E-state index contributed by atoms with van der Waals surface area (Å²) in [5.74, 6) is -0.125. The van der Waals surface area contributed by atoms with Crippen molar-refractivity contribution in [3.63, 3.8) is 0 Å². The molecule has 9 heteroatoms. The molecule has 0 atom stereocenters. The van der Waals surface area contributed by atoms with Crippen LogP contribution in [0.4, 0.5) is 17.1 Å². The smallest absolute Gasteiger partial charge is 0.282 e. The second-order valence-corrected chi connectivity index (χ2v) is 7.48. The van der Waals surface area contributed by atoms with Gasteiger partial charge < -0.3 is 14.8 Å². The van der Waals surface area contributed by atoms with Gasteiger partial charge in [-0.2, -0.15) is 0 Å². The fourth-order valence-corrected chi connectivity index (χ4v) is 3.73. The third-order valence-corrected chi connectivity index (χ3v) is 5.48. The Morgan fingerprint density at radius 2 is 1.62 bits per heavy atom. The first kappa shape index (κ1) is 22.5. The monoisotopic (exact) mass is 459 g/mol. The zero-order chi connectivity index (χ0) is 24.4. The van der Waals surface area contributed by atoms with Gasteiger partial charge in [-0.15, -0.1) is 0 Å². The minimum absolute atomic E-state index is 0.0329. The lowest BCUT2D eigenvalue weighted by molar-refractivity contribution is -0.384. The molecule has 9 nitrogen and oxygen atoms in total. The van der Waals surface area contributed by atoms with E-state index in [1.54, 1.807) is 43.3 Å². The number of carbonyl (C=O) groups excluding carboxylic acids is 2. The van der Waals surface area contributed by atoms with E-state index in [0.29, 0.717) is 28.4 Å². The van der Waals surface area contributed by atoms with E-state index in [0.717, 1.165) is 10.5 Å². The normalized spacial score (nSPS) is 13.3. The van der Waals surface area contributed by atoms with Gasteiger partial charge in [0.15, 0.2) is 0 Å². The number of aryl methyl sites for hydroxylation is 1. The molecule has 0 aliphatic carbocycles. The van der Waals surface area contributed by atoms with Crippen LogP contribution in [0.5, 0.6) is 11.5 Å². The van der Waals surface area contributed by atoms with E-state index in [4.69, 9.17) is 9.47 Å². The number of imide groups is 1.